The number of ether oxygens (including phenoxy) is 1. The van der Waals surface area contributed by atoms with Crippen molar-refractivity contribution in [2.75, 3.05) is 6.61 Å². The number of esters is 1. The number of aryl methyl sites for hydroxylation is 3. The Morgan fingerprint density at radius 1 is 0.821 bits per heavy atom. The minimum atomic E-state index is -0.959. The van der Waals surface area contributed by atoms with Crippen LogP contribution < -0.4 is 10.9 Å². The number of fused-ring (bicyclic) bond motifs is 2. The van der Waals surface area contributed by atoms with E-state index < -0.39 is 5.97 Å². The van der Waals surface area contributed by atoms with Gasteiger partial charge in [0.05, 0.1) is 17.4 Å². The standard InChI is InChI=1S/C16H18O4.C13H12O5.CH4/c1-4-19-15(17)8-7-12-11(3)20-14-9-10(2)5-6-13(14)16(12)18;1-7-9(4-5-12(15)16)13(17)10-3-2-8(14)6-11(10)18-7;/h5-6,9H,4,7-8H2,1-3H3;2-3,6,14H,4-5H2,1H3,(H,15,16);1H4. The summed E-state index contributed by atoms with van der Waals surface area (Å²) in [4.78, 5) is 46.5. The molecule has 9 heteroatoms. The lowest BCUT2D eigenvalue weighted by Gasteiger charge is -2.07. The molecule has 208 valence electrons. The lowest BCUT2D eigenvalue weighted by atomic mass is 10.1. The van der Waals surface area contributed by atoms with Gasteiger partial charge in [-0.25, -0.2) is 0 Å². The molecule has 2 heterocycles. The Hall–Kier alpha value is -4.40. The molecule has 0 amide bonds. The molecule has 4 aromatic rings. The largest absolute Gasteiger partial charge is 0.508 e. The third-order valence-corrected chi connectivity index (χ3v) is 5.99. The maximum absolute atomic E-state index is 12.4. The summed E-state index contributed by atoms with van der Waals surface area (Å²) in [5.74, 6) is -0.282. The van der Waals surface area contributed by atoms with Crippen LogP contribution in [0, 0.1) is 20.8 Å². The Kier molecular flexibility index (Phi) is 10.6. The summed E-state index contributed by atoms with van der Waals surface area (Å²) in [6.07, 6.45) is 0.559. The summed E-state index contributed by atoms with van der Waals surface area (Å²) in [6, 6.07) is 9.73. The molecule has 0 aliphatic carbocycles. The normalized spacial score (nSPS) is 10.5. The van der Waals surface area contributed by atoms with Gasteiger partial charge in [-0.3, -0.25) is 19.2 Å². The van der Waals surface area contributed by atoms with Crippen LogP contribution in [0.3, 0.4) is 0 Å². The Bertz CT molecular complexity index is 1610. The minimum absolute atomic E-state index is 0. The van der Waals surface area contributed by atoms with Crippen molar-refractivity contribution in [1.29, 1.82) is 0 Å². The zero-order valence-electron chi connectivity index (χ0n) is 21.8. The van der Waals surface area contributed by atoms with Crippen molar-refractivity contribution in [3.05, 3.63) is 85.1 Å². The molecule has 2 N–H and O–H groups in total. The molecule has 0 aliphatic heterocycles. The Balaban J connectivity index is 0.000000268. The van der Waals surface area contributed by atoms with Crippen molar-refractivity contribution in [1.82, 2.24) is 0 Å². The number of phenols is 1. The van der Waals surface area contributed by atoms with E-state index in [1.807, 2.05) is 19.1 Å². The monoisotopic (exact) mass is 538 g/mol. The van der Waals surface area contributed by atoms with E-state index in [2.05, 4.69) is 0 Å². The minimum Gasteiger partial charge on any atom is -0.508 e. The van der Waals surface area contributed by atoms with Crippen LogP contribution in [-0.2, 0) is 27.2 Å². The molecular weight excluding hydrogens is 504 g/mol. The maximum Gasteiger partial charge on any atom is 0.306 e. The van der Waals surface area contributed by atoms with Gasteiger partial charge >= 0.3 is 11.9 Å². The second-order valence-corrected chi connectivity index (χ2v) is 8.81. The number of rotatable bonds is 7. The fraction of sp³-hybridized carbons (Fsp3) is 0.333. The number of carboxylic acid groups (broad SMARTS) is 1. The van der Waals surface area contributed by atoms with Crippen molar-refractivity contribution >= 4 is 33.9 Å². The van der Waals surface area contributed by atoms with Gasteiger partial charge in [0, 0.05) is 30.0 Å². The predicted molar refractivity (Wildman–Crippen MR) is 148 cm³/mol. The molecule has 0 saturated carbocycles. The topological polar surface area (TPSA) is 144 Å². The molecule has 0 aliphatic rings. The van der Waals surface area contributed by atoms with Crippen LogP contribution >= 0.6 is 0 Å². The van der Waals surface area contributed by atoms with Crippen LogP contribution in [-0.4, -0.2) is 28.8 Å². The first kappa shape index (κ1) is 30.8. The number of carbonyl (C=O) groups excluding carboxylic acids is 1. The van der Waals surface area contributed by atoms with E-state index in [1.165, 1.54) is 18.2 Å². The van der Waals surface area contributed by atoms with Gasteiger partial charge in [0.15, 0.2) is 10.9 Å². The van der Waals surface area contributed by atoms with Crippen LogP contribution in [0.4, 0.5) is 0 Å². The first-order chi connectivity index (χ1) is 18.0. The summed E-state index contributed by atoms with van der Waals surface area (Å²) in [7, 11) is 0. The molecule has 0 radical (unpaired) electrons. The third kappa shape index (κ3) is 7.56. The molecule has 0 atom stereocenters. The molecule has 2 aromatic heterocycles. The van der Waals surface area contributed by atoms with Gasteiger partial charge < -0.3 is 23.8 Å². The second kappa shape index (κ2) is 13.4. The SMILES string of the molecule is C.CCOC(=O)CCc1c(C)oc2cc(C)ccc2c1=O.Cc1oc2cc(O)ccc2c(=O)c1CCC(=O)O. The first-order valence-electron chi connectivity index (χ1n) is 12.2. The molecule has 9 nitrogen and oxygen atoms in total. The van der Waals surface area contributed by atoms with E-state index in [4.69, 9.17) is 18.7 Å². The molecular formula is C30H34O9. The number of carboxylic acids is 1. The highest BCUT2D eigenvalue weighted by Crippen LogP contribution is 2.21. The van der Waals surface area contributed by atoms with Crippen LogP contribution in [0.15, 0.2) is 54.8 Å². The fourth-order valence-electron chi connectivity index (χ4n) is 4.05. The lowest BCUT2D eigenvalue weighted by Crippen LogP contribution is -2.14. The van der Waals surface area contributed by atoms with E-state index in [0.717, 1.165) is 5.56 Å². The zero-order chi connectivity index (χ0) is 28.0. The molecule has 0 bridgehead atoms. The Morgan fingerprint density at radius 2 is 1.33 bits per heavy atom. The van der Waals surface area contributed by atoms with E-state index >= 15 is 0 Å². The van der Waals surface area contributed by atoms with Gasteiger partial charge in [-0.2, -0.15) is 0 Å². The van der Waals surface area contributed by atoms with Gasteiger partial charge in [0.25, 0.3) is 0 Å². The quantitative estimate of drug-likeness (QED) is 0.297. The number of aliphatic carboxylic acids is 1. The van der Waals surface area contributed by atoms with Crippen molar-refractivity contribution in [3.63, 3.8) is 0 Å². The van der Waals surface area contributed by atoms with Gasteiger partial charge in [0.2, 0.25) is 0 Å². The van der Waals surface area contributed by atoms with Crippen molar-refractivity contribution in [2.45, 2.75) is 60.8 Å². The van der Waals surface area contributed by atoms with E-state index in [1.54, 1.807) is 26.8 Å². The number of aromatic hydroxyl groups is 1. The average Bonchev–Trinajstić information content (AvgIpc) is 2.83. The molecule has 2 aromatic carbocycles. The van der Waals surface area contributed by atoms with E-state index in [9.17, 15) is 24.3 Å². The first-order valence-corrected chi connectivity index (χ1v) is 12.2. The maximum atomic E-state index is 12.4. The van der Waals surface area contributed by atoms with Crippen LogP contribution in [0.25, 0.3) is 21.9 Å². The highest BCUT2D eigenvalue weighted by atomic mass is 16.5. The molecule has 0 spiro atoms. The molecule has 0 fully saturated rings. The lowest BCUT2D eigenvalue weighted by molar-refractivity contribution is -0.143. The summed E-state index contributed by atoms with van der Waals surface area (Å²) in [5.41, 5.74) is 2.55. The van der Waals surface area contributed by atoms with Gasteiger partial charge in [-0.05, 0) is 70.4 Å². The van der Waals surface area contributed by atoms with Crippen molar-refractivity contribution in [2.24, 2.45) is 0 Å². The highest BCUT2D eigenvalue weighted by Gasteiger charge is 2.14. The van der Waals surface area contributed by atoms with Crippen molar-refractivity contribution in [3.8, 4) is 5.75 Å². The predicted octanol–water partition coefficient (Wildman–Crippen LogP) is 5.37. The zero-order valence-corrected chi connectivity index (χ0v) is 21.8. The summed E-state index contributed by atoms with van der Waals surface area (Å²) < 4.78 is 16.0. The van der Waals surface area contributed by atoms with Crippen LogP contribution in [0.2, 0.25) is 0 Å². The number of hydrogen-bond acceptors (Lipinski definition) is 8. The van der Waals surface area contributed by atoms with Gasteiger partial charge in [-0.1, -0.05) is 13.5 Å². The third-order valence-electron chi connectivity index (χ3n) is 5.99. The molecule has 0 unspecified atom stereocenters. The average molecular weight is 539 g/mol. The van der Waals surface area contributed by atoms with E-state index in [0.29, 0.717) is 57.6 Å². The van der Waals surface area contributed by atoms with Gasteiger partial charge in [0.1, 0.15) is 28.4 Å². The summed E-state index contributed by atoms with van der Waals surface area (Å²) in [5, 5.41) is 18.9. The molecule has 0 saturated heterocycles. The molecule has 4 rings (SSSR count). The number of phenolic OH excluding ortho intramolecular Hbond substituents is 1. The molecule has 39 heavy (non-hydrogen) atoms. The second-order valence-electron chi connectivity index (χ2n) is 8.81. The fourth-order valence-corrected chi connectivity index (χ4v) is 4.05. The Labute approximate surface area is 225 Å². The number of benzene rings is 2. The highest BCUT2D eigenvalue weighted by molar-refractivity contribution is 5.79. The number of carbonyl (C=O) groups is 2. The van der Waals surface area contributed by atoms with Crippen molar-refractivity contribution < 1.29 is 33.4 Å². The summed E-state index contributed by atoms with van der Waals surface area (Å²) in [6.45, 7) is 7.43. The van der Waals surface area contributed by atoms with Crippen LogP contribution in [0.5, 0.6) is 5.75 Å². The smallest absolute Gasteiger partial charge is 0.306 e. The summed E-state index contributed by atoms with van der Waals surface area (Å²) >= 11 is 0. The van der Waals surface area contributed by atoms with Crippen LogP contribution in [0.1, 0.15) is 55.4 Å². The Morgan fingerprint density at radius 3 is 1.87 bits per heavy atom. The van der Waals surface area contributed by atoms with E-state index in [-0.39, 0.29) is 49.3 Å². The number of hydrogen-bond donors (Lipinski definition) is 2. The van der Waals surface area contributed by atoms with Gasteiger partial charge in [-0.15, -0.1) is 0 Å².